The molecule has 0 amide bonds. The molecule has 2 heteroatoms. The molecule has 18 heavy (non-hydrogen) atoms. The van der Waals surface area contributed by atoms with E-state index < -0.39 is 0 Å². The number of benzene rings is 2. The Labute approximate surface area is 108 Å². The van der Waals surface area contributed by atoms with Gasteiger partial charge in [0.15, 0.2) is 0 Å². The van der Waals surface area contributed by atoms with Crippen LogP contribution in [0.25, 0.3) is 0 Å². The second kappa shape index (κ2) is 5.58. The van der Waals surface area contributed by atoms with Gasteiger partial charge >= 0.3 is 0 Å². The zero-order valence-corrected chi connectivity index (χ0v) is 10.9. The fraction of sp³-hybridized carbons (Fsp3) is 0.250. The maximum Gasteiger partial charge on any atom is 0.115 e. The first-order chi connectivity index (χ1) is 8.69. The average molecular weight is 241 g/mol. The standard InChI is InChI=1S/C16H19NO/c1-3-13-7-9-15(10-8-13)17-12(2)14-5-4-6-16(18)11-14/h4-12,17-18H,3H2,1-2H3. The molecule has 0 saturated heterocycles. The highest BCUT2D eigenvalue weighted by Crippen LogP contribution is 2.22. The number of hydrogen-bond acceptors (Lipinski definition) is 2. The molecule has 2 nitrogen and oxygen atoms in total. The van der Waals surface area contributed by atoms with Gasteiger partial charge in [0.1, 0.15) is 5.75 Å². The summed E-state index contributed by atoms with van der Waals surface area (Å²) in [6, 6.07) is 16.0. The first-order valence-electron chi connectivity index (χ1n) is 6.33. The van der Waals surface area contributed by atoms with E-state index in [1.165, 1.54) is 5.56 Å². The quantitative estimate of drug-likeness (QED) is 0.843. The number of rotatable bonds is 4. The second-order valence-electron chi connectivity index (χ2n) is 4.51. The Morgan fingerprint density at radius 3 is 2.44 bits per heavy atom. The van der Waals surface area contributed by atoms with Gasteiger partial charge in [-0.25, -0.2) is 0 Å². The smallest absolute Gasteiger partial charge is 0.115 e. The molecular formula is C16H19NO. The van der Waals surface area contributed by atoms with E-state index in [1.54, 1.807) is 12.1 Å². The van der Waals surface area contributed by atoms with Gasteiger partial charge in [0.2, 0.25) is 0 Å². The van der Waals surface area contributed by atoms with E-state index in [2.05, 4.69) is 43.4 Å². The zero-order chi connectivity index (χ0) is 13.0. The number of phenolic OH excluding ortho intramolecular Hbond substituents is 1. The van der Waals surface area contributed by atoms with Crippen LogP contribution in [0.2, 0.25) is 0 Å². The highest BCUT2D eigenvalue weighted by molar-refractivity contribution is 5.47. The number of anilines is 1. The van der Waals surface area contributed by atoms with Crippen LogP contribution in [-0.2, 0) is 6.42 Å². The summed E-state index contributed by atoms with van der Waals surface area (Å²) in [5.74, 6) is 0.308. The molecule has 0 aliphatic heterocycles. The zero-order valence-electron chi connectivity index (χ0n) is 10.9. The van der Waals surface area contributed by atoms with Crippen molar-refractivity contribution in [1.29, 1.82) is 0 Å². The number of aryl methyl sites for hydroxylation is 1. The Bertz CT molecular complexity index is 505. The number of phenols is 1. The molecule has 2 aromatic carbocycles. The van der Waals surface area contributed by atoms with Crippen LogP contribution < -0.4 is 5.32 Å². The van der Waals surface area contributed by atoms with Crippen LogP contribution in [0.4, 0.5) is 5.69 Å². The van der Waals surface area contributed by atoms with Gasteiger partial charge in [-0.1, -0.05) is 31.2 Å². The molecule has 2 rings (SSSR count). The minimum absolute atomic E-state index is 0.171. The van der Waals surface area contributed by atoms with E-state index in [4.69, 9.17) is 0 Å². The largest absolute Gasteiger partial charge is 0.508 e. The molecule has 0 bridgehead atoms. The molecule has 94 valence electrons. The Balaban J connectivity index is 2.08. The first-order valence-corrected chi connectivity index (χ1v) is 6.33. The van der Waals surface area contributed by atoms with E-state index in [0.717, 1.165) is 17.7 Å². The van der Waals surface area contributed by atoms with E-state index >= 15 is 0 Å². The summed E-state index contributed by atoms with van der Waals surface area (Å²) in [6.45, 7) is 4.24. The highest BCUT2D eigenvalue weighted by Gasteiger charge is 2.05. The molecule has 0 aliphatic carbocycles. The van der Waals surface area contributed by atoms with Crippen molar-refractivity contribution in [2.45, 2.75) is 26.3 Å². The monoisotopic (exact) mass is 241 g/mol. The van der Waals surface area contributed by atoms with Crippen molar-refractivity contribution in [3.8, 4) is 5.75 Å². The molecule has 2 aromatic rings. The van der Waals surface area contributed by atoms with Crippen molar-refractivity contribution in [2.24, 2.45) is 0 Å². The number of nitrogens with one attached hydrogen (secondary N) is 1. The van der Waals surface area contributed by atoms with Crippen LogP contribution in [0.5, 0.6) is 5.75 Å². The molecule has 1 unspecified atom stereocenters. The van der Waals surface area contributed by atoms with Gasteiger partial charge in [-0.2, -0.15) is 0 Å². The third-order valence-corrected chi connectivity index (χ3v) is 3.12. The lowest BCUT2D eigenvalue weighted by Gasteiger charge is -2.16. The van der Waals surface area contributed by atoms with Crippen LogP contribution in [0.15, 0.2) is 48.5 Å². The molecule has 0 saturated carbocycles. The lowest BCUT2D eigenvalue weighted by Crippen LogP contribution is -2.06. The van der Waals surface area contributed by atoms with E-state index in [9.17, 15) is 5.11 Å². The van der Waals surface area contributed by atoms with Gasteiger partial charge in [-0.15, -0.1) is 0 Å². The Hall–Kier alpha value is -1.96. The third-order valence-electron chi connectivity index (χ3n) is 3.12. The summed E-state index contributed by atoms with van der Waals surface area (Å²) in [6.07, 6.45) is 1.06. The predicted octanol–water partition coefficient (Wildman–Crippen LogP) is 4.13. The molecule has 0 aromatic heterocycles. The number of aromatic hydroxyl groups is 1. The lowest BCUT2D eigenvalue weighted by molar-refractivity contribution is 0.474. The van der Waals surface area contributed by atoms with Gasteiger partial charge in [0.25, 0.3) is 0 Å². The maximum atomic E-state index is 9.47. The molecule has 1 atom stereocenters. The van der Waals surface area contributed by atoms with E-state index in [0.29, 0.717) is 5.75 Å². The van der Waals surface area contributed by atoms with Gasteiger partial charge in [0.05, 0.1) is 0 Å². The fourth-order valence-corrected chi connectivity index (χ4v) is 1.96. The second-order valence-corrected chi connectivity index (χ2v) is 4.51. The Morgan fingerprint density at radius 2 is 1.83 bits per heavy atom. The minimum Gasteiger partial charge on any atom is -0.508 e. The van der Waals surface area contributed by atoms with Gasteiger partial charge < -0.3 is 10.4 Å². The molecule has 0 radical (unpaired) electrons. The molecular weight excluding hydrogens is 222 g/mol. The van der Waals surface area contributed by atoms with Crippen LogP contribution in [-0.4, -0.2) is 5.11 Å². The van der Waals surface area contributed by atoms with E-state index in [-0.39, 0.29) is 6.04 Å². The van der Waals surface area contributed by atoms with Crippen molar-refractivity contribution < 1.29 is 5.11 Å². The van der Waals surface area contributed by atoms with Crippen molar-refractivity contribution >= 4 is 5.69 Å². The van der Waals surface area contributed by atoms with Crippen molar-refractivity contribution in [2.75, 3.05) is 5.32 Å². The Kier molecular flexibility index (Phi) is 3.88. The number of hydrogen-bond donors (Lipinski definition) is 2. The summed E-state index contributed by atoms with van der Waals surface area (Å²) in [7, 11) is 0. The van der Waals surface area contributed by atoms with E-state index in [1.807, 2.05) is 12.1 Å². The first kappa shape index (κ1) is 12.5. The Morgan fingerprint density at radius 1 is 1.11 bits per heavy atom. The van der Waals surface area contributed by atoms with Crippen molar-refractivity contribution in [3.05, 3.63) is 59.7 Å². The fourth-order valence-electron chi connectivity index (χ4n) is 1.96. The molecule has 0 fully saturated rings. The minimum atomic E-state index is 0.171. The SMILES string of the molecule is CCc1ccc(NC(C)c2cccc(O)c2)cc1. The third kappa shape index (κ3) is 3.04. The van der Waals surface area contributed by atoms with Crippen LogP contribution in [0.1, 0.15) is 31.0 Å². The summed E-state index contributed by atoms with van der Waals surface area (Å²) in [4.78, 5) is 0. The molecule has 0 heterocycles. The van der Waals surface area contributed by atoms with Gasteiger partial charge in [-0.3, -0.25) is 0 Å². The lowest BCUT2D eigenvalue weighted by atomic mass is 10.1. The van der Waals surface area contributed by atoms with Crippen LogP contribution in [0.3, 0.4) is 0 Å². The highest BCUT2D eigenvalue weighted by atomic mass is 16.3. The van der Waals surface area contributed by atoms with Crippen molar-refractivity contribution in [1.82, 2.24) is 0 Å². The molecule has 0 aliphatic rings. The molecule has 0 spiro atoms. The van der Waals surface area contributed by atoms with Crippen LogP contribution in [0, 0.1) is 0 Å². The van der Waals surface area contributed by atoms with Crippen LogP contribution >= 0.6 is 0 Å². The summed E-state index contributed by atoms with van der Waals surface area (Å²) >= 11 is 0. The van der Waals surface area contributed by atoms with Crippen molar-refractivity contribution in [3.63, 3.8) is 0 Å². The maximum absolute atomic E-state index is 9.47. The summed E-state index contributed by atoms with van der Waals surface area (Å²) < 4.78 is 0. The van der Waals surface area contributed by atoms with Gasteiger partial charge in [0, 0.05) is 11.7 Å². The topological polar surface area (TPSA) is 32.3 Å². The summed E-state index contributed by atoms with van der Waals surface area (Å²) in [5.41, 5.74) is 3.52. The average Bonchev–Trinajstić information content (AvgIpc) is 2.39. The van der Waals surface area contributed by atoms with Gasteiger partial charge in [-0.05, 0) is 48.7 Å². The molecule has 2 N–H and O–H groups in total. The predicted molar refractivity (Wildman–Crippen MR) is 76.0 cm³/mol. The normalized spacial score (nSPS) is 12.1. The summed E-state index contributed by atoms with van der Waals surface area (Å²) in [5, 5.41) is 12.9.